The molecule has 0 aliphatic heterocycles. The van der Waals surface area contributed by atoms with Gasteiger partial charge in [0, 0.05) is 29.9 Å². The third-order valence-electron chi connectivity index (χ3n) is 3.74. The van der Waals surface area contributed by atoms with Gasteiger partial charge < -0.3 is 4.57 Å². The van der Waals surface area contributed by atoms with Crippen LogP contribution in [0.1, 0.15) is 50.5 Å². The van der Waals surface area contributed by atoms with Crippen LogP contribution in [0.4, 0.5) is 0 Å². The van der Waals surface area contributed by atoms with Gasteiger partial charge in [0.1, 0.15) is 0 Å². The number of benzene rings is 1. The normalized spacial score (nSPS) is 12.5. The first-order valence-corrected chi connectivity index (χ1v) is 7.88. The molecule has 0 aliphatic carbocycles. The van der Waals surface area contributed by atoms with Crippen LogP contribution in [-0.2, 0) is 6.54 Å². The van der Waals surface area contributed by atoms with Gasteiger partial charge in [-0.15, -0.1) is 0 Å². The Labute approximate surface area is 126 Å². The highest BCUT2D eigenvalue weighted by molar-refractivity contribution is 6.30. The second-order valence-corrected chi connectivity index (χ2v) is 5.79. The number of imidazole rings is 1. The Bertz CT molecular complexity index is 476. The minimum absolute atomic E-state index is 0.540. The van der Waals surface area contributed by atoms with E-state index in [-0.39, 0.29) is 0 Å². The molecule has 1 aromatic heterocycles. The lowest BCUT2D eigenvalue weighted by Crippen LogP contribution is -2.08. The molecule has 3 heteroatoms. The SMILES string of the molecule is CCCCCCC(Cn1ccnc1)c1ccc(Cl)cc1. The van der Waals surface area contributed by atoms with E-state index in [9.17, 15) is 0 Å². The van der Waals surface area contributed by atoms with Crippen LogP contribution in [-0.4, -0.2) is 9.55 Å². The molecule has 0 aliphatic rings. The number of halogens is 1. The summed E-state index contributed by atoms with van der Waals surface area (Å²) in [5, 5.41) is 0.807. The zero-order valence-electron chi connectivity index (χ0n) is 12.1. The molecule has 2 aromatic rings. The van der Waals surface area contributed by atoms with Crippen LogP contribution < -0.4 is 0 Å². The molecule has 1 aromatic carbocycles. The van der Waals surface area contributed by atoms with Crippen molar-refractivity contribution in [3.05, 3.63) is 53.6 Å². The Balaban J connectivity index is 2.00. The van der Waals surface area contributed by atoms with Crippen LogP contribution in [0.15, 0.2) is 43.0 Å². The summed E-state index contributed by atoms with van der Waals surface area (Å²) in [5.41, 5.74) is 1.37. The fraction of sp³-hybridized carbons (Fsp3) is 0.471. The molecule has 2 rings (SSSR count). The highest BCUT2D eigenvalue weighted by Crippen LogP contribution is 2.26. The van der Waals surface area contributed by atoms with Crippen LogP contribution in [0, 0.1) is 0 Å². The van der Waals surface area contributed by atoms with Crippen molar-refractivity contribution in [2.24, 2.45) is 0 Å². The first-order chi connectivity index (χ1) is 9.79. The van der Waals surface area contributed by atoms with E-state index >= 15 is 0 Å². The van der Waals surface area contributed by atoms with Gasteiger partial charge in [0.05, 0.1) is 6.33 Å². The molecule has 0 N–H and O–H groups in total. The molecule has 2 nitrogen and oxygen atoms in total. The summed E-state index contributed by atoms with van der Waals surface area (Å²) in [5.74, 6) is 0.540. The zero-order chi connectivity index (χ0) is 14.2. The molecule has 20 heavy (non-hydrogen) atoms. The second-order valence-electron chi connectivity index (χ2n) is 5.36. The van der Waals surface area contributed by atoms with Gasteiger partial charge in [0.25, 0.3) is 0 Å². The first-order valence-electron chi connectivity index (χ1n) is 7.50. The molecule has 0 saturated heterocycles. The molecule has 0 radical (unpaired) electrons. The van der Waals surface area contributed by atoms with E-state index in [0.717, 1.165) is 11.6 Å². The minimum Gasteiger partial charge on any atom is -0.337 e. The van der Waals surface area contributed by atoms with Gasteiger partial charge >= 0.3 is 0 Å². The summed E-state index contributed by atoms with van der Waals surface area (Å²) in [4.78, 5) is 4.13. The smallest absolute Gasteiger partial charge is 0.0946 e. The molecule has 1 unspecified atom stereocenters. The lowest BCUT2D eigenvalue weighted by atomic mass is 9.93. The Hall–Kier alpha value is -1.28. The Kier molecular flexibility index (Phi) is 6.13. The van der Waals surface area contributed by atoms with E-state index in [2.05, 4.69) is 28.6 Å². The quantitative estimate of drug-likeness (QED) is 0.604. The first kappa shape index (κ1) is 15.1. The topological polar surface area (TPSA) is 17.8 Å². The van der Waals surface area contributed by atoms with Gasteiger partial charge in [-0.3, -0.25) is 0 Å². The summed E-state index contributed by atoms with van der Waals surface area (Å²) in [6, 6.07) is 8.29. The number of unbranched alkanes of at least 4 members (excludes halogenated alkanes) is 3. The fourth-order valence-electron chi connectivity index (χ4n) is 2.57. The number of hydrogen-bond acceptors (Lipinski definition) is 1. The Morgan fingerprint density at radius 1 is 1.15 bits per heavy atom. The molecule has 0 spiro atoms. The summed E-state index contributed by atoms with van der Waals surface area (Å²) < 4.78 is 2.17. The Morgan fingerprint density at radius 3 is 2.60 bits per heavy atom. The summed E-state index contributed by atoms with van der Waals surface area (Å²) >= 11 is 5.99. The van der Waals surface area contributed by atoms with Crippen LogP contribution in [0.3, 0.4) is 0 Å². The monoisotopic (exact) mass is 290 g/mol. The summed E-state index contributed by atoms with van der Waals surface area (Å²) in [6.45, 7) is 3.25. The van der Waals surface area contributed by atoms with Gasteiger partial charge in [-0.25, -0.2) is 4.98 Å². The summed E-state index contributed by atoms with van der Waals surface area (Å²) in [6.07, 6.45) is 12.2. The predicted octanol–water partition coefficient (Wildman–Crippen LogP) is 5.29. The molecule has 0 saturated carbocycles. The average Bonchev–Trinajstić information content (AvgIpc) is 2.96. The van der Waals surface area contributed by atoms with Gasteiger partial charge in [-0.1, -0.05) is 56.3 Å². The van der Waals surface area contributed by atoms with Crippen molar-refractivity contribution in [3.63, 3.8) is 0 Å². The highest BCUT2D eigenvalue weighted by atomic mass is 35.5. The van der Waals surface area contributed by atoms with E-state index in [1.807, 2.05) is 30.9 Å². The van der Waals surface area contributed by atoms with Crippen LogP contribution in [0.2, 0.25) is 5.02 Å². The molecule has 0 bridgehead atoms. The number of aromatic nitrogens is 2. The minimum atomic E-state index is 0.540. The summed E-state index contributed by atoms with van der Waals surface area (Å²) in [7, 11) is 0. The lowest BCUT2D eigenvalue weighted by molar-refractivity contribution is 0.491. The van der Waals surface area contributed by atoms with Gasteiger partial charge in [0.15, 0.2) is 0 Å². The molecular formula is C17H23ClN2. The van der Waals surface area contributed by atoms with Crippen molar-refractivity contribution in [2.45, 2.75) is 51.5 Å². The van der Waals surface area contributed by atoms with E-state index in [0.29, 0.717) is 5.92 Å². The molecule has 1 atom stereocenters. The maximum absolute atomic E-state index is 5.99. The van der Waals surface area contributed by atoms with E-state index in [1.54, 1.807) is 0 Å². The third-order valence-corrected chi connectivity index (χ3v) is 3.99. The maximum atomic E-state index is 5.99. The molecule has 0 fully saturated rings. The lowest BCUT2D eigenvalue weighted by Gasteiger charge is -2.18. The van der Waals surface area contributed by atoms with Crippen LogP contribution in [0.25, 0.3) is 0 Å². The standard InChI is InChI=1S/C17H23ClN2/c1-2-3-4-5-6-16(13-20-12-11-19-14-20)15-7-9-17(18)10-8-15/h7-12,14,16H,2-6,13H2,1H3. The van der Waals surface area contributed by atoms with Crippen molar-refractivity contribution in [1.29, 1.82) is 0 Å². The maximum Gasteiger partial charge on any atom is 0.0946 e. The molecule has 1 heterocycles. The van der Waals surface area contributed by atoms with Gasteiger partial charge in [-0.2, -0.15) is 0 Å². The van der Waals surface area contributed by atoms with Crippen molar-refractivity contribution in [2.75, 3.05) is 0 Å². The van der Waals surface area contributed by atoms with E-state index in [4.69, 9.17) is 11.6 Å². The largest absolute Gasteiger partial charge is 0.337 e. The Morgan fingerprint density at radius 2 is 1.95 bits per heavy atom. The molecule has 0 amide bonds. The van der Waals surface area contributed by atoms with Crippen LogP contribution >= 0.6 is 11.6 Å². The average molecular weight is 291 g/mol. The van der Waals surface area contributed by atoms with Gasteiger partial charge in [-0.05, 0) is 24.1 Å². The molecular weight excluding hydrogens is 268 g/mol. The highest BCUT2D eigenvalue weighted by Gasteiger charge is 2.12. The van der Waals surface area contributed by atoms with E-state index in [1.165, 1.54) is 37.7 Å². The van der Waals surface area contributed by atoms with Crippen LogP contribution in [0.5, 0.6) is 0 Å². The van der Waals surface area contributed by atoms with Crippen molar-refractivity contribution in [3.8, 4) is 0 Å². The van der Waals surface area contributed by atoms with Crippen molar-refractivity contribution >= 4 is 11.6 Å². The predicted molar refractivity (Wildman–Crippen MR) is 85.2 cm³/mol. The second kappa shape index (κ2) is 8.11. The molecule has 108 valence electrons. The fourth-order valence-corrected chi connectivity index (χ4v) is 2.69. The number of hydrogen-bond donors (Lipinski definition) is 0. The number of nitrogens with zero attached hydrogens (tertiary/aromatic N) is 2. The zero-order valence-corrected chi connectivity index (χ0v) is 12.9. The third kappa shape index (κ3) is 4.68. The number of rotatable bonds is 8. The van der Waals surface area contributed by atoms with Crippen molar-refractivity contribution in [1.82, 2.24) is 9.55 Å². The van der Waals surface area contributed by atoms with Gasteiger partial charge in [0.2, 0.25) is 0 Å². The van der Waals surface area contributed by atoms with E-state index < -0.39 is 0 Å². The van der Waals surface area contributed by atoms with Crippen molar-refractivity contribution < 1.29 is 0 Å².